The number of hydrogen-bond acceptors (Lipinski definition) is 5. The van der Waals surface area contributed by atoms with Crippen molar-refractivity contribution in [2.45, 2.75) is 56.4 Å². The number of carbonyl (C=O) groups excluding carboxylic acids is 1. The van der Waals surface area contributed by atoms with Crippen LogP contribution in [-0.4, -0.2) is 51.1 Å². The molecule has 1 aliphatic rings. The summed E-state index contributed by atoms with van der Waals surface area (Å²) in [5.41, 5.74) is 0. The molecule has 1 aromatic heterocycles. The van der Waals surface area contributed by atoms with Gasteiger partial charge in [-0.1, -0.05) is 19.9 Å². The zero-order valence-corrected chi connectivity index (χ0v) is 16.7. The van der Waals surface area contributed by atoms with E-state index in [2.05, 4.69) is 18.6 Å². The number of amides is 1. The number of rotatable bonds is 8. The molecule has 0 spiro atoms. The fourth-order valence-corrected chi connectivity index (χ4v) is 5.04. The zero-order chi connectivity index (χ0) is 18.4. The normalized spacial score (nSPS) is 17.8. The molecule has 2 rings (SSSR count). The number of carbonyl (C=O) groups is 1. The number of nitrogens with zero attached hydrogens (tertiary/aromatic N) is 1. The number of sulfonamides is 1. The van der Waals surface area contributed by atoms with Crippen molar-refractivity contribution in [2.24, 2.45) is 5.92 Å². The minimum Gasteiger partial charge on any atom is -0.369 e. The summed E-state index contributed by atoms with van der Waals surface area (Å²) in [7, 11) is -3.45. The number of nitrogens with one attached hydrogen (secondary N) is 1. The third kappa shape index (κ3) is 6.06. The summed E-state index contributed by atoms with van der Waals surface area (Å²) < 4.78 is 33.2. The highest BCUT2D eigenvalue weighted by Crippen LogP contribution is 2.19. The molecule has 1 fully saturated rings. The molecule has 1 unspecified atom stereocenters. The van der Waals surface area contributed by atoms with Crippen molar-refractivity contribution in [3.63, 3.8) is 0 Å². The molecule has 0 aromatic carbocycles. The van der Waals surface area contributed by atoms with Gasteiger partial charge in [-0.15, -0.1) is 11.3 Å². The van der Waals surface area contributed by atoms with Crippen LogP contribution in [-0.2, 0) is 19.6 Å². The van der Waals surface area contributed by atoms with Gasteiger partial charge in [-0.05, 0) is 43.6 Å². The lowest BCUT2D eigenvalue weighted by molar-refractivity contribution is -0.143. The van der Waals surface area contributed by atoms with Gasteiger partial charge in [0.15, 0.2) is 0 Å². The van der Waals surface area contributed by atoms with Crippen LogP contribution in [0.4, 0.5) is 0 Å². The minimum atomic E-state index is -3.45. The van der Waals surface area contributed by atoms with Crippen molar-refractivity contribution in [3.8, 4) is 0 Å². The Labute approximate surface area is 154 Å². The molecule has 142 valence electrons. The molecule has 1 atom stereocenters. The highest BCUT2D eigenvalue weighted by Gasteiger charge is 2.29. The Hall–Kier alpha value is -0.960. The number of likely N-dealkylation sites (tertiary alicyclic amines) is 1. The highest BCUT2D eigenvalue weighted by molar-refractivity contribution is 7.91. The Balaban J connectivity index is 1.78. The standard InChI is InChI=1S/C17H28N2O4S2/c1-13(2)8-11-23-14(3)17(20)19-9-6-15(7-10-19)18-25(21,22)16-5-4-12-24-16/h4-5,12-15,18H,6-11H2,1-3H3. The summed E-state index contributed by atoms with van der Waals surface area (Å²) in [5.74, 6) is 0.540. The molecular formula is C17H28N2O4S2. The van der Waals surface area contributed by atoms with Crippen LogP contribution in [0.15, 0.2) is 21.7 Å². The highest BCUT2D eigenvalue weighted by atomic mass is 32.2. The van der Waals surface area contributed by atoms with Crippen LogP contribution in [0.5, 0.6) is 0 Å². The average Bonchev–Trinajstić information content (AvgIpc) is 3.09. The van der Waals surface area contributed by atoms with Gasteiger partial charge in [0.2, 0.25) is 10.0 Å². The number of piperidine rings is 1. The van der Waals surface area contributed by atoms with E-state index in [1.54, 1.807) is 29.3 Å². The molecule has 6 nitrogen and oxygen atoms in total. The maximum absolute atomic E-state index is 12.4. The maximum Gasteiger partial charge on any atom is 0.251 e. The minimum absolute atomic E-state index is 0.0108. The lowest BCUT2D eigenvalue weighted by Crippen LogP contribution is -2.49. The summed E-state index contributed by atoms with van der Waals surface area (Å²) >= 11 is 1.21. The predicted octanol–water partition coefficient (Wildman–Crippen LogP) is 2.47. The van der Waals surface area contributed by atoms with E-state index >= 15 is 0 Å². The van der Waals surface area contributed by atoms with Crippen LogP contribution in [0.25, 0.3) is 0 Å². The molecule has 8 heteroatoms. The summed E-state index contributed by atoms with van der Waals surface area (Å²) in [5, 5.41) is 1.75. The van der Waals surface area contributed by atoms with Crippen LogP contribution < -0.4 is 4.72 Å². The molecule has 0 radical (unpaired) electrons. The second-order valence-corrected chi connectivity index (χ2v) is 9.74. The van der Waals surface area contributed by atoms with Crippen molar-refractivity contribution in [1.29, 1.82) is 0 Å². The van der Waals surface area contributed by atoms with E-state index < -0.39 is 16.1 Å². The molecule has 1 aromatic rings. The van der Waals surface area contributed by atoms with Crippen molar-refractivity contribution >= 4 is 27.3 Å². The van der Waals surface area contributed by atoms with E-state index in [1.165, 1.54) is 11.3 Å². The monoisotopic (exact) mass is 388 g/mol. The Morgan fingerprint density at radius 1 is 1.36 bits per heavy atom. The quantitative estimate of drug-likeness (QED) is 0.742. The van der Waals surface area contributed by atoms with Gasteiger partial charge in [-0.2, -0.15) is 0 Å². The lowest BCUT2D eigenvalue weighted by Gasteiger charge is -2.33. The van der Waals surface area contributed by atoms with E-state index in [4.69, 9.17) is 4.74 Å². The molecule has 0 aliphatic carbocycles. The largest absolute Gasteiger partial charge is 0.369 e. The SMILES string of the molecule is CC(C)CCOC(C)C(=O)N1CCC(NS(=O)(=O)c2cccs2)CC1. The summed E-state index contributed by atoms with van der Waals surface area (Å²) in [4.78, 5) is 14.2. The first kappa shape index (κ1) is 20.4. The van der Waals surface area contributed by atoms with Crippen LogP contribution in [0.1, 0.15) is 40.0 Å². The molecule has 1 saturated heterocycles. The fraction of sp³-hybridized carbons (Fsp3) is 0.706. The van der Waals surface area contributed by atoms with Crippen molar-refractivity contribution in [3.05, 3.63) is 17.5 Å². The Morgan fingerprint density at radius 2 is 2.04 bits per heavy atom. The second kappa shape index (κ2) is 9.12. The van der Waals surface area contributed by atoms with E-state index in [9.17, 15) is 13.2 Å². The van der Waals surface area contributed by atoms with Gasteiger partial charge < -0.3 is 9.64 Å². The number of hydrogen-bond donors (Lipinski definition) is 1. The van der Waals surface area contributed by atoms with Gasteiger partial charge >= 0.3 is 0 Å². The van der Waals surface area contributed by atoms with Crippen molar-refractivity contribution in [2.75, 3.05) is 19.7 Å². The first-order valence-electron chi connectivity index (χ1n) is 8.76. The maximum atomic E-state index is 12.4. The van der Waals surface area contributed by atoms with Crippen LogP contribution in [0.3, 0.4) is 0 Å². The topological polar surface area (TPSA) is 75.7 Å². The van der Waals surface area contributed by atoms with Crippen LogP contribution in [0, 0.1) is 5.92 Å². The molecular weight excluding hydrogens is 360 g/mol. The molecule has 0 bridgehead atoms. The first-order chi connectivity index (χ1) is 11.8. The molecule has 2 heterocycles. The predicted molar refractivity (Wildman–Crippen MR) is 99.1 cm³/mol. The number of thiophene rings is 1. The third-order valence-corrected chi connectivity index (χ3v) is 7.22. The van der Waals surface area contributed by atoms with Crippen molar-refractivity contribution < 1.29 is 17.9 Å². The van der Waals surface area contributed by atoms with Gasteiger partial charge in [0.25, 0.3) is 5.91 Å². The average molecular weight is 389 g/mol. The third-order valence-electron chi connectivity index (χ3n) is 4.30. The van der Waals surface area contributed by atoms with Gasteiger partial charge in [-0.25, -0.2) is 13.1 Å². The summed E-state index contributed by atoms with van der Waals surface area (Å²) in [6.45, 7) is 7.72. The first-order valence-corrected chi connectivity index (χ1v) is 11.1. The van der Waals surface area contributed by atoms with E-state index in [1.807, 2.05) is 0 Å². The Kier molecular flexibility index (Phi) is 7.42. The van der Waals surface area contributed by atoms with Crippen molar-refractivity contribution in [1.82, 2.24) is 9.62 Å². The van der Waals surface area contributed by atoms with E-state index in [0.29, 0.717) is 42.7 Å². The summed E-state index contributed by atoms with van der Waals surface area (Å²) in [6, 6.07) is 3.19. The second-order valence-electron chi connectivity index (χ2n) is 6.85. The molecule has 0 saturated carbocycles. The van der Waals surface area contributed by atoms with Crippen LogP contribution in [0.2, 0.25) is 0 Å². The van der Waals surface area contributed by atoms with Crippen LogP contribution >= 0.6 is 11.3 Å². The Bertz CT molecular complexity index is 636. The van der Waals surface area contributed by atoms with E-state index in [0.717, 1.165) is 6.42 Å². The van der Waals surface area contributed by atoms with Gasteiger partial charge in [0.1, 0.15) is 10.3 Å². The molecule has 1 aliphatic heterocycles. The number of ether oxygens (including phenoxy) is 1. The molecule has 1 N–H and O–H groups in total. The molecule has 25 heavy (non-hydrogen) atoms. The summed E-state index contributed by atoms with van der Waals surface area (Å²) in [6.07, 6.45) is 1.73. The fourth-order valence-electron chi connectivity index (χ4n) is 2.72. The van der Waals surface area contributed by atoms with Gasteiger partial charge in [0, 0.05) is 25.7 Å². The smallest absolute Gasteiger partial charge is 0.251 e. The Morgan fingerprint density at radius 3 is 2.60 bits per heavy atom. The lowest BCUT2D eigenvalue weighted by atomic mass is 10.1. The zero-order valence-electron chi connectivity index (χ0n) is 15.1. The van der Waals surface area contributed by atoms with Gasteiger partial charge in [-0.3, -0.25) is 4.79 Å². The molecule has 1 amide bonds. The van der Waals surface area contributed by atoms with E-state index in [-0.39, 0.29) is 11.9 Å². The van der Waals surface area contributed by atoms with Gasteiger partial charge in [0.05, 0.1) is 0 Å².